The number of aromatic nitrogens is 2. The fourth-order valence-electron chi connectivity index (χ4n) is 3.23. The summed E-state index contributed by atoms with van der Waals surface area (Å²) >= 11 is 6.00. The standard InChI is InChI=1S/C19H24ClN3O3/c1-25-13-3-12-21-16(24)8-9-17-22-23-18(26-17)19(10-2-11-19)14-4-6-15(20)7-5-14/h4-7H,2-3,8-13H2,1H3,(H,21,24). The molecule has 1 fully saturated rings. The van der Waals surface area contributed by atoms with Crippen LogP contribution in [0.15, 0.2) is 28.7 Å². The van der Waals surface area contributed by atoms with Crippen LogP contribution in [0.3, 0.4) is 0 Å². The highest BCUT2D eigenvalue weighted by atomic mass is 35.5. The number of nitrogens with zero attached hydrogens (tertiary/aromatic N) is 2. The normalized spacial score (nSPS) is 15.5. The molecule has 1 heterocycles. The summed E-state index contributed by atoms with van der Waals surface area (Å²) in [4.78, 5) is 11.8. The number of aryl methyl sites for hydroxylation is 1. The lowest BCUT2D eigenvalue weighted by atomic mass is 9.64. The van der Waals surface area contributed by atoms with E-state index in [4.69, 9.17) is 20.8 Å². The number of rotatable bonds is 9. The molecular weight excluding hydrogens is 354 g/mol. The molecule has 0 unspecified atom stereocenters. The van der Waals surface area contributed by atoms with Gasteiger partial charge in [0.15, 0.2) is 0 Å². The van der Waals surface area contributed by atoms with Crippen LogP contribution < -0.4 is 5.32 Å². The van der Waals surface area contributed by atoms with Crippen molar-refractivity contribution in [3.05, 3.63) is 46.6 Å². The van der Waals surface area contributed by atoms with Crippen molar-refractivity contribution in [1.29, 1.82) is 0 Å². The van der Waals surface area contributed by atoms with Crippen LogP contribution in [0, 0.1) is 0 Å². The monoisotopic (exact) mass is 377 g/mol. The number of halogens is 1. The molecular formula is C19H24ClN3O3. The molecule has 3 rings (SSSR count). The highest BCUT2D eigenvalue weighted by Crippen LogP contribution is 2.48. The topological polar surface area (TPSA) is 77.2 Å². The van der Waals surface area contributed by atoms with Crippen LogP contribution in [0.2, 0.25) is 5.02 Å². The minimum absolute atomic E-state index is 0.0167. The van der Waals surface area contributed by atoms with E-state index in [9.17, 15) is 4.79 Å². The second-order valence-electron chi connectivity index (χ2n) is 6.64. The molecule has 0 atom stereocenters. The summed E-state index contributed by atoms with van der Waals surface area (Å²) in [7, 11) is 1.65. The third-order valence-corrected chi connectivity index (χ3v) is 5.15. The molecule has 1 saturated carbocycles. The maximum atomic E-state index is 11.8. The van der Waals surface area contributed by atoms with Gasteiger partial charge >= 0.3 is 0 Å². The van der Waals surface area contributed by atoms with E-state index in [1.54, 1.807) is 7.11 Å². The van der Waals surface area contributed by atoms with E-state index in [-0.39, 0.29) is 11.3 Å². The molecule has 140 valence electrons. The average Bonchev–Trinajstić information content (AvgIpc) is 3.07. The Morgan fingerprint density at radius 3 is 2.73 bits per heavy atom. The van der Waals surface area contributed by atoms with Crippen LogP contribution in [0.4, 0.5) is 0 Å². The molecule has 1 amide bonds. The Labute approximate surface area is 158 Å². The summed E-state index contributed by atoms with van der Waals surface area (Å²) in [5.74, 6) is 1.13. The molecule has 1 aliphatic carbocycles. The molecule has 26 heavy (non-hydrogen) atoms. The molecule has 1 aliphatic rings. The van der Waals surface area contributed by atoms with Crippen LogP contribution >= 0.6 is 11.6 Å². The van der Waals surface area contributed by atoms with Gasteiger partial charge in [0.1, 0.15) is 0 Å². The number of carbonyl (C=O) groups excluding carboxylic acids is 1. The van der Waals surface area contributed by atoms with E-state index in [0.29, 0.717) is 42.8 Å². The summed E-state index contributed by atoms with van der Waals surface area (Å²) in [6.07, 6.45) is 4.68. The summed E-state index contributed by atoms with van der Waals surface area (Å²) in [5.41, 5.74) is 0.942. The van der Waals surface area contributed by atoms with E-state index < -0.39 is 0 Å². The van der Waals surface area contributed by atoms with E-state index >= 15 is 0 Å². The summed E-state index contributed by atoms with van der Waals surface area (Å²) in [6, 6.07) is 7.84. The number of ether oxygens (including phenoxy) is 1. The van der Waals surface area contributed by atoms with Crippen molar-refractivity contribution in [2.45, 2.75) is 43.9 Å². The van der Waals surface area contributed by atoms with Crippen molar-refractivity contribution in [3.63, 3.8) is 0 Å². The van der Waals surface area contributed by atoms with Gasteiger partial charge in [-0.25, -0.2) is 0 Å². The Balaban J connectivity index is 1.58. The Morgan fingerprint density at radius 1 is 1.31 bits per heavy atom. The van der Waals surface area contributed by atoms with Crippen LogP contribution in [-0.2, 0) is 21.4 Å². The third kappa shape index (κ3) is 4.24. The van der Waals surface area contributed by atoms with Gasteiger partial charge in [-0.3, -0.25) is 4.79 Å². The van der Waals surface area contributed by atoms with E-state index in [1.165, 1.54) is 0 Å². The molecule has 0 bridgehead atoms. The fraction of sp³-hybridized carbons (Fsp3) is 0.526. The van der Waals surface area contributed by atoms with Gasteiger partial charge in [-0.05, 0) is 37.0 Å². The van der Waals surface area contributed by atoms with E-state index in [1.807, 2.05) is 24.3 Å². The summed E-state index contributed by atoms with van der Waals surface area (Å²) in [5, 5.41) is 12.0. The van der Waals surface area contributed by atoms with Crippen molar-refractivity contribution in [2.24, 2.45) is 0 Å². The molecule has 7 heteroatoms. The Morgan fingerprint density at radius 2 is 2.08 bits per heavy atom. The first-order chi connectivity index (χ1) is 12.6. The molecule has 2 aromatic rings. The SMILES string of the molecule is COCCCNC(=O)CCc1nnc(C2(c3ccc(Cl)cc3)CCC2)o1. The molecule has 1 aromatic heterocycles. The maximum absolute atomic E-state index is 11.8. The Kier molecular flexibility index (Phi) is 6.27. The molecule has 6 nitrogen and oxygen atoms in total. The lowest BCUT2D eigenvalue weighted by molar-refractivity contribution is -0.121. The van der Waals surface area contributed by atoms with Gasteiger partial charge < -0.3 is 14.5 Å². The highest BCUT2D eigenvalue weighted by Gasteiger charge is 2.45. The van der Waals surface area contributed by atoms with Gasteiger partial charge in [0.2, 0.25) is 17.7 Å². The largest absolute Gasteiger partial charge is 0.424 e. The molecule has 1 N–H and O–H groups in total. The lowest BCUT2D eigenvalue weighted by Crippen LogP contribution is -2.35. The number of benzene rings is 1. The van der Waals surface area contributed by atoms with Gasteiger partial charge in [-0.1, -0.05) is 30.2 Å². The number of carbonyl (C=O) groups is 1. The number of hydrogen-bond acceptors (Lipinski definition) is 5. The first-order valence-electron chi connectivity index (χ1n) is 8.98. The second kappa shape index (κ2) is 8.64. The van der Waals surface area contributed by atoms with Gasteiger partial charge in [-0.2, -0.15) is 0 Å². The Bertz CT molecular complexity index is 726. The van der Waals surface area contributed by atoms with Crippen molar-refractivity contribution >= 4 is 17.5 Å². The average molecular weight is 378 g/mol. The lowest BCUT2D eigenvalue weighted by Gasteiger charge is -2.39. The molecule has 0 radical (unpaired) electrons. The molecule has 0 saturated heterocycles. The zero-order valence-electron chi connectivity index (χ0n) is 15.0. The van der Waals surface area contributed by atoms with Crippen LogP contribution in [0.5, 0.6) is 0 Å². The van der Waals surface area contributed by atoms with Gasteiger partial charge in [0, 0.05) is 38.1 Å². The predicted molar refractivity (Wildman–Crippen MR) is 98.2 cm³/mol. The number of nitrogens with one attached hydrogen (secondary N) is 1. The van der Waals surface area contributed by atoms with Crippen molar-refractivity contribution < 1.29 is 13.9 Å². The smallest absolute Gasteiger partial charge is 0.227 e. The zero-order chi connectivity index (χ0) is 18.4. The quantitative estimate of drug-likeness (QED) is 0.678. The minimum atomic E-state index is -0.210. The molecule has 0 aliphatic heterocycles. The fourth-order valence-corrected chi connectivity index (χ4v) is 3.35. The van der Waals surface area contributed by atoms with Crippen LogP contribution in [0.1, 0.15) is 49.4 Å². The number of amides is 1. The highest BCUT2D eigenvalue weighted by molar-refractivity contribution is 6.30. The first-order valence-corrected chi connectivity index (χ1v) is 9.36. The number of hydrogen-bond donors (Lipinski definition) is 1. The summed E-state index contributed by atoms with van der Waals surface area (Å²) < 4.78 is 10.9. The van der Waals surface area contributed by atoms with Crippen molar-refractivity contribution in [2.75, 3.05) is 20.3 Å². The maximum Gasteiger partial charge on any atom is 0.227 e. The van der Waals surface area contributed by atoms with Gasteiger partial charge in [0.05, 0.1) is 5.41 Å². The first kappa shape index (κ1) is 18.9. The molecule has 0 spiro atoms. The van der Waals surface area contributed by atoms with E-state index in [0.717, 1.165) is 31.2 Å². The van der Waals surface area contributed by atoms with E-state index in [2.05, 4.69) is 15.5 Å². The van der Waals surface area contributed by atoms with Gasteiger partial charge in [0.25, 0.3) is 0 Å². The third-order valence-electron chi connectivity index (χ3n) is 4.89. The number of methoxy groups -OCH3 is 1. The van der Waals surface area contributed by atoms with Crippen LogP contribution in [-0.4, -0.2) is 36.4 Å². The summed E-state index contributed by atoms with van der Waals surface area (Å²) in [6.45, 7) is 1.25. The predicted octanol–water partition coefficient (Wildman–Crippen LogP) is 3.28. The second-order valence-corrected chi connectivity index (χ2v) is 7.08. The van der Waals surface area contributed by atoms with Crippen molar-refractivity contribution in [1.82, 2.24) is 15.5 Å². The molecule has 1 aromatic carbocycles. The zero-order valence-corrected chi connectivity index (χ0v) is 15.7. The minimum Gasteiger partial charge on any atom is -0.424 e. The van der Waals surface area contributed by atoms with Gasteiger partial charge in [-0.15, -0.1) is 10.2 Å². The Hall–Kier alpha value is -1.92. The van der Waals surface area contributed by atoms with Crippen LogP contribution in [0.25, 0.3) is 0 Å². The van der Waals surface area contributed by atoms with Crippen molar-refractivity contribution in [3.8, 4) is 0 Å².